The second-order valence-corrected chi connectivity index (χ2v) is 12.8. The number of alkyl carbamates (subject to hydrolysis) is 1. The molecule has 224 valence electrons. The molecule has 2 saturated heterocycles. The quantitative estimate of drug-likeness (QED) is 0.370. The Bertz CT molecular complexity index is 1340. The van der Waals surface area contributed by atoms with Crippen LogP contribution in [0.25, 0.3) is 11.0 Å². The van der Waals surface area contributed by atoms with E-state index in [9.17, 15) is 19.2 Å². The topological polar surface area (TPSA) is 124 Å². The number of rotatable bonds is 8. The monoisotopic (exact) mass is 569 g/mol. The van der Waals surface area contributed by atoms with Gasteiger partial charge in [-0.2, -0.15) is 0 Å². The molecule has 2 N–H and O–H groups in total. The molecule has 3 fully saturated rings. The minimum absolute atomic E-state index is 0.233. The lowest BCUT2D eigenvalue weighted by molar-refractivity contribution is -0.135. The summed E-state index contributed by atoms with van der Waals surface area (Å²) in [5, 5.41) is 5.10. The third kappa shape index (κ3) is 6.83. The number of nitrogens with one attached hydrogen (secondary N) is 2. The van der Waals surface area contributed by atoms with Crippen molar-refractivity contribution in [1.29, 1.82) is 0 Å². The first-order valence-corrected chi connectivity index (χ1v) is 14.8. The summed E-state index contributed by atoms with van der Waals surface area (Å²) >= 11 is 0. The van der Waals surface area contributed by atoms with E-state index in [1.54, 1.807) is 11.6 Å². The van der Waals surface area contributed by atoms with Crippen molar-refractivity contribution in [3.8, 4) is 0 Å². The zero-order valence-corrected chi connectivity index (χ0v) is 24.6. The molecule has 3 aliphatic rings. The zero-order chi connectivity index (χ0) is 29.3. The van der Waals surface area contributed by atoms with Crippen molar-refractivity contribution < 1.29 is 23.9 Å². The van der Waals surface area contributed by atoms with Gasteiger partial charge in [-0.15, -0.1) is 0 Å². The van der Waals surface area contributed by atoms with Crippen molar-refractivity contribution >= 4 is 28.9 Å². The second kappa shape index (κ2) is 12.0. The molecule has 1 aromatic carbocycles. The Morgan fingerprint density at radius 2 is 1.78 bits per heavy atom. The standard InChI is InChI=1S/C30H43N5O6/c1-30(2,3)41-28(38)31-13-14-40-22-8-5-19(6-9-22)16-34-17-21(18-34)20-7-10-23-25(15-20)33(4)29(39)35(23)24-11-12-26(36)32-27(24)37/h7,10,15,19,21-22,24H,5-6,8-9,11-14,16-18H2,1-4H3,(H,31,38)(H,32,36,37)/t19-,22-,24?. The smallest absolute Gasteiger partial charge is 0.407 e. The molecule has 0 spiro atoms. The molecule has 1 atom stereocenters. The van der Waals surface area contributed by atoms with E-state index in [4.69, 9.17) is 9.47 Å². The van der Waals surface area contributed by atoms with Gasteiger partial charge in [0, 0.05) is 45.6 Å². The second-order valence-electron chi connectivity index (χ2n) is 12.8. The lowest BCUT2D eigenvalue weighted by atomic mass is 9.84. The Morgan fingerprint density at radius 3 is 2.46 bits per heavy atom. The van der Waals surface area contributed by atoms with Gasteiger partial charge in [0.25, 0.3) is 0 Å². The molecule has 2 aromatic rings. The number of aryl methyl sites for hydroxylation is 1. The Hall–Kier alpha value is -3.18. The molecule has 2 aliphatic heterocycles. The average Bonchev–Trinajstić information content (AvgIpc) is 3.13. The lowest BCUT2D eigenvalue weighted by Gasteiger charge is -2.42. The molecule has 1 saturated carbocycles. The van der Waals surface area contributed by atoms with Gasteiger partial charge in [-0.3, -0.25) is 24.0 Å². The molecule has 3 heterocycles. The Labute approximate surface area is 240 Å². The summed E-state index contributed by atoms with van der Waals surface area (Å²) in [5.74, 6) is 0.389. The first-order chi connectivity index (χ1) is 19.5. The highest BCUT2D eigenvalue weighted by atomic mass is 16.6. The zero-order valence-electron chi connectivity index (χ0n) is 24.6. The van der Waals surface area contributed by atoms with E-state index >= 15 is 0 Å². The molecule has 0 bridgehead atoms. The summed E-state index contributed by atoms with van der Waals surface area (Å²) < 4.78 is 14.4. The Morgan fingerprint density at radius 1 is 1.05 bits per heavy atom. The summed E-state index contributed by atoms with van der Waals surface area (Å²) in [6.45, 7) is 9.57. The molecule has 1 unspecified atom stereocenters. The van der Waals surface area contributed by atoms with Gasteiger partial charge in [0.1, 0.15) is 11.6 Å². The number of aromatic nitrogens is 2. The predicted molar refractivity (Wildman–Crippen MR) is 154 cm³/mol. The van der Waals surface area contributed by atoms with Gasteiger partial charge in [0.2, 0.25) is 11.8 Å². The van der Waals surface area contributed by atoms with Gasteiger partial charge < -0.3 is 19.7 Å². The summed E-state index contributed by atoms with van der Waals surface area (Å²) in [4.78, 5) is 51.3. The van der Waals surface area contributed by atoms with Crippen molar-refractivity contribution in [2.75, 3.05) is 32.8 Å². The molecule has 1 aromatic heterocycles. The number of imidazole rings is 1. The van der Waals surface area contributed by atoms with E-state index < -0.39 is 23.6 Å². The molecule has 41 heavy (non-hydrogen) atoms. The summed E-state index contributed by atoms with van der Waals surface area (Å²) in [6.07, 6.45) is 4.79. The fourth-order valence-electron chi connectivity index (χ4n) is 6.33. The van der Waals surface area contributed by atoms with E-state index in [1.165, 1.54) is 10.1 Å². The van der Waals surface area contributed by atoms with Gasteiger partial charge in [-0.25, -0.2) is 9.59 Å². The fraction of sp³-hybridized carbons (Fsp3) is 0.667. The number of nitrogens with zero attached hydrogens (tertiary/aromatic N) is 3. The van der Waals surface area contributed by atoms with Crippen LogP contribution in [-0.4, -0.2) is 76.4 Å². The van der Waals surface area contributed by atoms with E-state index in [1.807, 2.05) is 26.8 Å². The SMILES string of the molecule is Cn1c(=O)n(C2CCC(=O)NC2=O)c2ccc(C3CN(C[C@H]4CC[C@H](OCCNC(=O)OC(C)(C)C)CC4)C3)cc21. The number of carbonyl (C=O) groups is 3. The molecule has 0 radical (unpaired) electrons. The van der Waals surface area contributed by atoms with Crippen LogP contribution >= 0.6 is 0 Å². The van der Waals surface area contributed by atoms with Gasteiger partial charge in [-0.1, -0.05) is 6.07 Å². The Balaban J connectivity index is 1.06. The number of piperidine rings is 1. The molecular weight excluding hydrogens is 526 g/mol. The largest absolute Gasteiger partial charge is 0.444 e. The van der Waals surface area contributed by atoms with E-state index in [0.29, 0.717) is 31.4 Å². The number of carbonyl (C=O) groups excluding carboxylic acids is 3. The van der Waals surface area contributed by atoms with Crippen LogP contribution in [0.3, 0.4) is 0 Å². The number of likely N-dealkylation sites (tertiary alicyclic amines) is 1. The summed E-state index contributed by atoms with van der Waals surface area (Å²) in [6, 6.07) is 5.44. The third-order valence-electron chi connectivity index (χ3n) is 8.50. The maximum absolute atomic E-state index is 13.0. The van der Waals surface area contributed by atoms with Gasteiger partial charge in [-0.05, 0) is 76.5 Å². The highest BCUT2D eigenvalue weighted by Gasteiger charge is 2.34. The molecular formula is C30H43N5O6. The van der Waals surface area contributed by atoms with Crippen molar-refractivity contribution in [2.45, 2.75) is 83.0 Å². The van der Waals surface area contributed by atoms with Crippen LogP contribution in [0.5, 0.6) is 0 Å². The molecule has 11 nitrogen and oxygen atoms in total. The number of benzene rings is 1. The van der Waals surface area contributed by atoms with E-state index in [-0.39, 0.29) is 24.1 Å². The van der Waals surface area contributed by atoms with E-state index in [2.05, 4.69) is 27.7 Å². The fourth-order valence-corrected chi connectivity index (χ4v) is 6.33. The third-order valence-corrected chi connectivity index (χ3v) is 8.50. The van der Waals surface area contributed by atoms with E-state index in [0.717, 1.165) is 56.4 Å². The highest BCUT2D eigenvalue weighted by Crippen LogP contribution is 2.33. The maximum Gasteiger partial charge on any atom is 0.407 e. The maximum atomic E-state index is 13.0. The summed E-state index contributed by atoms with van der Waals surface area (Å²) in [7, 11) is 1.74. The first kappa shape index (κ1) is 29.3. The van der Waals surface area contributed by atoms with Crippen LogP contribution < -0.4 is 16.3 Å². The number of fused-ring (bicyclic) bond motifs is 1. The van der Waals surface area contributed by atoms with Crippen LogP contribution in [0.15, 0.2) is 23.0 Å². The van der Waals surface area contributed by atoms with Crippen molar-refractivity contribution in [1.82, 2.24) is 24.7 Å². The summed E-state index contributed by atoms with van der Waals surface area (Å²) in [5.41, 5.74) is 2.02. The number of amides is 3. The van der Waals surface area contributed by atoms with Gasteiger partial charge in [0.15, 0.2) is 0 Å². The minimum atomic E-state index is -0.664. The van der Waals surface area contributed by atoms with Crippen LogP contribution in [0.1, 0.15) is 76.8 Å². The van der Waals surface area contributed by atoms with Gasteiger partial charge in [0.05, 0.1) is 23.7 Å². The number of hydrogen-bond acceptors (Lipinski definition) is 7. The first-order valence-electron chi connectivity index (χ1n) is 14.8. The van der Waals surface area contributed by atoms with Crippen molar-refractivity contribution in [2.24, 2.45) is 13.0 Å². The minimum Gasteiger partial charge on any atom is -0.444 e. The molecule has 11 heteroatoms. The molecule has 5 rings (SSSR count). The average molecular weight is 570 g/mol. The van der Waals surface area contributed by atoms with Crippen molar-refractivity contribution in [3.05, 3.63) is 34.2 Å². The molecule has 1 aliphatic carbocycles. The number of imide groups is 1. The molecule has 3 amide bonds. The van der Waals surface area contributed by atoms with Gasteiger partial charge >= 0.3 is 11.8 Å². The normalized spacial score (nSPS) is 24.2. The highest BCUT2D eigenvalue weighted by molar-refractivity contribution is 6.00. The predicted octanol–water partition coefficient (Wildman–Crippen LogP) is 2.82. The van der Waals surface area contributed by atoms with Crippen LogP contribution in [0.4, 0.5) is 4.79 Å². The number of ether oxygens (including phenoxy) is 2. The van der Waals surface area contributed by atoms with Crippen LogP contribution in [0.2, 0.25) is 0 Å². The lowest BCUT2D eigenvalue weighted by Crippen LogP contribution is -2.47. The van der Waals surface area contributed by atoms with Crippen LogP contribution in [-0.2, 0) is 26.1 Å². The van der Waals surface area contributed by atoms with Crippen LogP contribution in [0, 0.1) is 5.92 Å². The number of hydrogen-bond donors (Lipinski definition) is 2. The Kier molecular flexibility index (Phi) is 8.56. The van der Waals surface area contributed by atoms with Crippen molar-refractivity contribution in [3.63, 3.8) is 0 Å².